The van der Waals surface area contributed by atoms with Crippen LogP contribution < -0.4 is 5.32 Å². The number of benzene rings is 1. The average molecular weight is 407 g/mol. The number of nitrogens with one attached hydrogen (secondary N) is 1. The van der Waals surface area contributed by atoms with E-state index in [1.54, 1.807) is 0 Å². The van der Waals surface area contributed by atoms with Crippen LogP contribution in [0.4, 0.5) is 10.5 Å². The second kappa shape index (κ2) is 9.47. The Morgan fingerprint density at radius 3 is 2.43 bits per heavy atom. The summed E-state index contributed by atoms with van der Waals surface area (Å²) in [6.45, 7) is 4.32. The molecule has 2 fully saturated rings. The summed E-state index contributed by atoms with van der Waals surface area (Å²) in [6, 6.07) is 6.87. The van der Waals surface area contributed by atoms with Gasteiger partial charge in [0.25, 0.3) is 0 Å². The highest BCUT2D eigenvalue weighted by atomic mass is 35.5. The molecule has 1 aliphatic heterocycles. The van der Waals surface area contributed by atoms with Crippen LogP contribution in [0.2, 0.25) is 5.02 Å². The quantitative estimate of drug-likeness (QED) is 0.802. The Kier molecular flexibility index (Phi) is 7.24. The average Bonchev–Trinajstić information content (AvgIpc) is 2.70. The number of hydrogen-bond donors (Lipinski definition) is 1. The van der Waals surface area contributed by atoms with Gasteiger partial charge in [-0.2, -0.15) is 0 Å². The van der Waals surface area contributed by atoms with Crippen molar-refractivity contribution in [3.8, 4) is 0 Å². The maximum absolute atomic E-state index is 13.0. The number of hydrogen-bond acceptors (Lipinski definition) is 3. The summed E-state index contributed by atoms with van der Waals surface area (Å²) < 4.78 is 0. The summed E-state index contributed by atoms with van der Waals surface area (Å²) in [5.74, 6) is 0. The monoisotopic (exact) mass is 406 g/mol. The molecule has 1 saturated carbocycles. The molecular formula is C22H35ClN4O. The lowest BCUT2D eigenvalue weighted by atomic mass is 9.87. The number of piperidine rings is 1. The standard InChI is InChI=1S/C22H35ClN4O/c1-16-9-10-17(23)15-19(16)24-22(28)27(4)21-8-6-5-7-20(21)26(3)18-11-13-25(2)14-12-18/h9-10,15,18,20-21H,5-8,11-14H2,1-4H3,(H,24,28)/t20-,21-/m1/s1. The smallest absolute Gasteiger partial charge is 0.321 e. The second-order valence-corrected chi connectivity index (χ2v) is 9.06. The lowest BCUT2D eigenvalue weighted by Crippen LogP contribution is -2.57. The fraction of sp³-hybridized carbons (Fsp3) is 0.682. The van der Waals surface area contributed by atoms with E-state index in [1.807, 2.05) is 37.1 Å². The summed E-state index contributed by atoms with van der Waals surface area (Å²) >= 11 is 6.11. The van der Waals surface area contributed by atoms with Gasteiger partial charge in [-0.05, 0) is 77.5 Å². The van der Waals surface area contributed by atoms with Crippen molar-refractivity contribution in [3.05, 3.63) is 28.8 Å². The summed E-state index contributed by atoms with van der Waals surface area (Å²) in [7, 11) is 6.42. The molecule has 0 bridgehead atoms. The van der Waals surface area contributed by atoms with Crippen molar-refractivity contribution in [1.29, 1.82) is 0 Å². The number of likely N-dealkylation sites (N-methyl/N-ethyl adjacent to an activating group) is 2. The van der Waals surface area contributed by atoms with Crippen molar-refractivity contribution in [2.24, 2.45) is 0 Å². The van der Waals surface area contributed by atoms with Gasteiger partial charge in [0, 0.05) is 35.9 Å². The van der Waals surface area contributed by atoms with Gasteiger partial charge < -0.3 is 15.1 Å². The van der Waals surface area contributed by atoms with Crippen LogP contribution in [-0.2, 0) is 0 Å². The zero-order valence-electron chi connectivity index (χ0n) is 17.7. The van der Waals surface area contributed by atoms with E-state index < -0.39 is 0 Å². The van der Waals surface area contributed by atoms with Crippen molar-refractivity contribution < 1.29 is 4.79 Å². The van der Waals surface area contributed by atoms with Crippen LogP contribution in [0.15, 0.2) is 18.2 Å². The number of rotatable bonds is 4. The largest absolute Gasteiger partial charge is 0.323 e. The first-order chi connectivity index (χ1) is 13.4. The Morgan fingerprint density at radius 2 is 1.75 bits per heavy atom. The Balaban J connectivity index is 1.68. The highest BCUT2D eigenvalue weighted by Crippen LogP contribution is 2.30. The van der Waals surface area contributed by atoms with E-state index in [9.17, 15) is 4.79 Å². The van der Waals surface area contributed by atoms with Crippen molar-refractivity contribution >= 4 is 23.3 Å². The fourth-order valence-corrected chi connectivity index (χ4v) is 4.95. The lowest BCUT2D eigenvalue weighted by Gasteiger charge is -2.46. The van der Waals surface area contributed by atoms with E-state index >= 15 is 0 Å². The molecular weight excluding hydrogens is 372 g/mol. The van der Waals surface area contributed by atoms with Gasteiger partial charge >= 0.3 is 6.03 Å². The minimum absolute atomic E-state index is 0.0426. The summed E-state index contributed by atoms with van der Waals surface area (Å²) in [5, 5.41) is 3.71. The van der Waals surface area contributed by atoms with E-state index in [0.29, 0.717) is 17.1 Å². The summed E-state index contributed by atoms with van der Waals surface area (Å²) in [4.78, 5) is 19.9. The SMILES string of the molecule is Cc1ccc(Cl)cc1NC(=O)N(C)[C@@H]1CCCC[C@H]1N(C)C1CCN(C)CC1. The Bertz CT molecular complexity index is 675. The van der Waals surface area contributed by atoms with Gasteiger partial charge in [0.1, 0.15) is 0 Å². The normalized spacial score (nSPS) is 24.4. The van der Waals surface area contributed by atoms with Gasteiger partial charge in [-0.15, -0.1) is 0 Å². The molecule has 1 heterocycles. The van der Waals surface area contributed by atoms with E-state index in [2.05, 4.69) is 29.2 Å². The Morgan fingerprint density at radius 1 is 1.11 bits per heavy atom. The van der Waals surface area contributed by atoms with Crippen molar-refractivity contribution in [2.45, 2.75) is 63.6 Å². The van der Waals surface area contributed by atoms with Gasteiger partial charge in [0.05, 0.1) is 0 Å². The van der Waals surface area contributed by atoms with Crippen molar-refractivity contribution in [2.75, 3.05) is 39.5 Å². The highest BCUT2D eigenvalue weighted by molar-refractivity contribution is 6.31. The summed E-state index contributed by atoms with van der Waals surface area (Å²) in [5.41, 5.74) is 1.81. The zero-order valence-corrected chi connectivity index (χ0v) is 18.5. The van der Waals surface area contributed by atoms with E-state index in [4.69, 9.17) is 11.6 Å². The molecule has 5 nitrogen and oxygen atoms in total. The number of carbonyl (C=O) groups excluding carboxylic acids is 1. The molecule has 1 saturated heterocycles. The zero-order chi connectivity index (χ0) is 20.3. The maximum atomic E-state index is 13.0. The maximum Gasteiger partial charge on any atom is 0.321 e. The molecule has 6 heteroatoms. The van der Waals surface area contributed by atoms with Gasteiger partial charge in [0.15, 0.2) is 0 Å². The van der Waals surface area contributed by atoms with Crippen molar-refractivity contribution in [3.63, 3.8) is 0 Å². The molecule has 0 radical (unpaired) electrons. The predicted octanol–water partition coefficient (Wildman–Crippen LogP) is 4.45. The number of carbonyl (C=O) groups is 1. The van der Waals surface area contributed by atoms with Crippen LogP contribution in [0.25, 0.3) is 0 Å². The molecule has 0 spiro atoms. The minimum atomic E-state index is -0.0426. The van der Waals surface area contributed by atoms with E-state index in [1.165, 1.54) is 32.1 Å². The number of anilines is 1. The van der Waals surface area contributed by atoms with Crippen LogP contribution in [0.1, 0.15) is 44.1 Å². The predicted molar refractivity (Wildman–Crippen MR) is 117 cm³/mol. The third kappa shape index (κ3) is 5.00. The minimum Gasteiger partial charge on any atom is -0.323 e. The fourth-order valence-electron chi connectivity index (χ4n) is 4.77. The molecule has 3 rings (SSSR count). The molecule has 1 aromatic rings. The second-order valence-electron chi connectivity index (χ2n) is 8.62. The van der Waals surface area contributed by atoms with Crippen LogP contribution >= 0.6 is 11.6 Å². The number of likely N-dealkylation sites (tertiary alicyclic amines) is 1. The first kappa shape index (κ1) is 21.4. The van der Waals surface area contributed by atoms with Gasteiger partial charge in [-0.1, -0.05) is 30.5 Å². The molecule has 1 aromatic carbocycles. The van der Waals surface area contributed by atoms with Gasteiger partial charge in [-0.3, -0.25) is 4.90 Å². The van der Waals surface area contributed by atoms with Crippen LogP contribution in [0.3, 0.4) is 0 Å². The van der Waals surface area contributed by atoms with Gasteiger partial charge in [0.2, 0.25) is 0 Å². The molecule has 2 amide bonds. The van der Waals surface area contributed by atoms with Gasteiger partial charge in [-0.25, -0.2) is 4.79 Å². The highest BCUT2D eigenvalue weighted by Gasteiger charge is 2.36. The number of nitrogens with zero attached hydrogens (tertiary/aromatic N) is 3. The topological polar surface area (TPSA) is 38.8 Å². The third-order valence-corrected chi connectivity index (χ3v) is 6.98. The van der Waals surface area contributed by atoms with E-state index in [-0.39, 0.29) is 12.1 Å². The Hall–Kier alpha value is -1.30. The first-order valence-corrected chi connectivity index (χ1v) is 10.9. The molecule has 2 aliphatic rings. The van der Waals surface area contributed by atoms with Crippen molar-refractivity contribution in [1.82, 2.24) is 14.7 Å². The Labute approximate surface area is 175 Å². The molecule has 1 aliphatic carbocycles. The molecule has 28 heavy (non-hydrogen) atoms. The first-order valence-electron chi connectivity index (χ1n) is 10.6. The molecule has 156 valence electrons. The van der Waals surface area contributed by atoms with E-state index in [0.717, 1.165) is 30.8 Å². The van der Waals surface area contributed by atoms with Crippen LogP contribution in [0.5, 0.6) is 0 Å². The number of halogens is 1. The van der Waals surface area contributed by atoms with Crippen LogP contribution in [-0.4, -0.2) is 73.1 Å². The summed E-state index contributed by atoms with van der Waals surface area (Å²) in [6.07, 6.45) is 7.11. The van der Waals surface area contributed by atoms with Crippen LogP contribution in [0, 0.1) is 6.92 Å². The number of aryl methyl sites for hydroxylation is 1. The molecule has 0 unspecified atom stereocenters. The third-order valence-electron chi connectivity index (χ3n) is 6.74. The number of amides is 2. The molecule has 0 aromatic heterocycles. The number of urea groups is 1. The molecule has 1 N–H and O–H groups in total. The lowest BCUT2D eigenvalue weighted by molar-refractivity contribution is 0.0443. The molecule has 2 atom stereocenters.